The van der Waals surface area contributed by atoms with Crippen molar-refractivity contribution < 1.29 is 0 Å². The molecule has 31 heavy (non-hydrogen) atoms. The summed E-state index contributed by atoms with van der Waals surface area (Å²) in [7, 11) is 0. The fourth-order valence-electron chi connectivity index (χ4n) is 6.97. The first-order chi connectivity index (χ1) is 15.3. The molecule has 178 valence electrons. The molecule has 0 heterocycles. The average Bonchev–Trinajstić information content (AvgIpc) is 2.82. The Labute approximate surface area is 195 Å². The molecule has 1 atom stereocenters. The predicted molar refractivity (Wildman–Crippen MR) is 138 cm³/mol. The Morgan fingerprint density at radius 3 is 1.87 bits per heavy atom. The summed E-state index contributed by atoms with van der Waals surface area (Å²) >= 11 is 0. The molecule has 0 spiro atoms. The lowest BCUT2D eigenvalue weighted by atomic mass is 9.71. The van der Waals surface area contributed by atoms with Crippen LogP contribution in [-0.2, 0) is 0 Å². The van der Waals surface area contributed by atoms with Gasteiger partial charge in [0.05, 0.1) is 0 Å². The van der Waals surface area contributed by atoms with Crippen LogP contribution in [0.15, 0.2) is 23.8 Å². The predicted octanol–water partition coefficient (Wildman–Crippen LogP) is 10.4. The Morgan fingerprint density at radius 2 is 1.26 bits per heavy atom. The molecule has 0 N–H and O–H groups in total. The first-order valence-corrected chi connectivity index (χ1v) is 14.7. The highest BCUT2D eigenvalue weighted by Crippen LogP contribution is 2.41. The van der Waals surface area contributed by atoms with Gasteiger partial charge >= 0.3 is 0 Å². The second-order valence-electron chi connectivity index (χ2n) is 11.5. The first kappa shape index (κ1) is 25.1. The van der Waals surface area contributed by atoms with Crippen molar-refractivity contribution in [3.05, 3.63) is 23.8 Å². The van der Waals surface area contributed by atoms with Crippen LogP contribution in [0.1, 0.15) is 142 Å². The molecule has 0 aromatic rings. The van der Waals surface area contributed by atoms with Crippen molar-refractivity contribution in [3.63, 3.8) is 0 Å². The summed E-state index contributed by atoms with van der Waals surface area (Å²) in [6.45, 7) is 4.67. The van der Waals surface area contributed by atoms with Gasteiger partial charge in [0.25, 0.3) is 0 Å². The van der Waals surface area contributed by atoms with Gasteiger partial charge in [0.15, 0.2) is 0 Å². The van der Waals surface area contributed by atoms with Crippen molar-refractivity contribution in [2.24, 2.45) is 29.6 Å². The normalized spacial score (nSPS) is 31.5. The van der Waals surface area contributed by atoms with E-state index in [1.54, 1.807) is 5.57 Å². The van der Waals surface area contributed by atoms with E-state index in [9.17, 15) is 0 Å². The third-order valence-corrected chi connectivity index (χ3v) is 9.14. The molecule has 2 fully saturated rings. The summed E-state index contributed by atoms with van der Waals surface area (Å²) in [4.78, 5) is 0. The Hall–Kier alpha value is -0.520. The first-order valence-electron chi connectivity index (χ1n) is 14.7. The lowest BCUT2D eigenvalue weighted by Gasteiger charge is -2.35. The van der Waals surface area contributed by atoms with Crippen LogP contribution >= 0.6 is 0 Å². The Bertz CT molecular complexity index is 510. The van der Waals surface area contributed by atoms with E-state index in [1.165, 1.54) is 128 Å². The molecule has 0 heteroatoms. The minimum atomic E-state index is 0.852. The van der Waals surface area contributed by atoms with Gasteiger partial charge in [-0.25, -0.2) is 0 Å². The van der Waals surface area contributed by atoms with Gasteiger partial charge in [-0.2, -0.15) is 0 Å². The summed E-state index contributed by atoms with van der Waals surface area (Å²) in [6.07, 6.45) is 37.2. The molecule has 0 nitrogen and oxygen atoms in total. The lowest BCUT2D eigenvalue weighted by Crippen LogP contribution is -2.22. The van der Waals surface area contributed by atoms with Crippen molar-refractivity contribution in [2.45, 2.75) is 142 Å². The van der Waals surface area contributed by atoms with E-state index in [1.807, 2.05) is 0 Å². The number of unbranched alkanes of at least 4 members (excludes halogenated alkanes) is 7. The van der Waals surface area contributed by atoms with Crippen LogP contribution in [0, 0.1) is 29.6 Å². The van der Waals surface area contributed by atoms with E-state index in [2.05, 4.69) is 32.1 Å². The number of rotatable bonds is 13. The van der Waals surface area contributed by atoms with E-state index >= 15 is 0 Å². The molecule has 0 radical (unpaired) electrons. The minimum absolute atomic E-state index is 0.852. The highest BCUT2D eigenvalue weighted by atomic mass is 14.3. The van der Waals surface area contributed by atoms with Crippen LogP contribution in [0.4, 0.5) is 0 Å². The molecule has 0 aromatic carbocycles. The summed E-state index contributed by atoms with van der Waals surface area (Å²) in [5, 5.41) is 0. The number of hydrogen-bond acceptors (Lipinski definition) is 0. The molecule has 2 saturated carbocycles. The maximum atomic E-state index is 2.66. The third-order valence-electron chi connectivity index (χ3n) is 9.14. The van der Waals surface area contributed by atoms with Gasteiger partial charge < -0.3 is 0 Å². The molecule has 0 saturated heterocycles. The second kappa shape index (κ2) is 14.6. The average molecular weight is 427 g/mol. The fourth-order valence-corrected chi connectivity index (χ4v) is 6.97. The van der Waals surface area contributed by atoms with E-state index in [0.29, 0.717) is 0 Å². The fraction of sp³-hybridized carbons (Fsp3) is 0.871. The monoisotopic (exact) mass is 426 g/mol. The summed E-state index contributed by atoms with van der Waals surface area (Å²) in [5.41, 5.74) is 1.71. The van der Waals surface area contributed by atoms with Gasteiger partial charge in [-0.05, 0) is 80.1 Å². The molecule has 3 aliphatic carbocycles. The second-order valence-corrected chi connectivity index (χ2v) is 11.5. The third kappa shape index (κ3) is 8.74. The molecule has 0 bridgehead atoms. The molecule has 0 aromatic heterocycles. The van der Waals surface area contributed by atoms with Crippen LogP contribution in [0.25, 0.3) is 0 Å². The summed E-state index contributed by atoms with van der Waals surface area (Å²) < 4.78 is 0. The van der Waals surface area contributed by atoms with E-state index < -0.39 is 0 Å². The quantitative estimate of drug-likeness (QED) is 0.257. The van der Waals surface area contributed by atoms with Gasteiger partial charge in [-0.1, -0.05) is 116 Å². The zero-order valence-corrected chi connectivity index (χ0v) is 21.3. The van der Waals surface area contributed by atoms with Crippen molar-refractivity contribution >= 4 is 0 Å². The minimum Gasteiger partial charge on any atom is -0.0806 e. The zero-order chi connectivity index (χ0) is 21.7. The van der Waals surface area contributed by atoms with Crippen LogP contribution in [0.3, 0.4) is 0 Å². The molecule has 0 amide bonds. The van der Waals surface area contributed by atoms with Gasteiger partial charge in [0, 0.05) is 0 Å². The summed E-state index contributed by atoms with van der Waals surface area (Å²) in [6, 6.07) is 0. The molecule has 3 aliphatic rings. The smallest absolute Gasteiger partial charge is 0.0165 e. The largest absolute Gasteiger partial charge is 0.0806 e. The van der Waals surface area contributed by atoms with E-state index in [0.717, 1.165) is 29.6 Å². The Morgan fingerprint density at radius 1 is 0.645 bits per heavy atom. The number of hydrogen-bond donors (Lipinski definition) is 0. The van der Waals surface area contributed by atoms with Gasteiger partial charge in [0.2, 0.25) is 0 Å². The van der Waals surface area contributed by atoms with Crippen molar-refractivity contribution in [3.8, 4) is 0 Å². The van der Waals surface area contributed by atoms with E-state index in [4.69, 9.17) is 0 Å². The maximum absolute atomic E-state index is 2.66. The zero-order valence-electron chi connectivity index (χ0n) is 21.3. The highest BCUT2D eigenvalue weighted by molar-refractivity contribution is 5.27. The van der Waals surface area contributed by atoms with Crippen molar-refractivity contribution in [1.29, 1.82) is 0 Å². The lowest BCUT2D eigenvalue weighted by molar-refractivity contribution is 0.219. The van der Waals surface area contributed by atoms with Gasteiger partial charge in [0.1, 0.15) is 0 Å². The SMILES string of the molecule is CCCCCCCCCCC1CCC(C2=CCC(C3CCC(CCC)CC3)C=C2)CC1. The van der Waals surface area contributed by atoms with Crippen molar-refractivity contribution in [2.75, 3.05) is 0 Å². The Kier molecular flexibility index (Phi) is 11.8. The molecule has 3 rings (SSSR count). The Balaban J connectivity index is 1.26. The molecule has 0 aliphatic heterocycles. The van der Waals surface area contributed by atoms with Crippen LogP contribution in [0.5, 0.6) is 0 Å². The molecular weight excluding hydrogens is 372 g/mol. The van der Waals surface area contributed by atoms with Gasteiger partial charge in [-0.3, -0.25) is 0 Å². The van der Waals surface area contributed by atoms with Crippen LogP contribution in [-0.4, -0.2) is 0 Å². The van der Waals surface area contributed by atoms with Crippen LogP contribution in [0.2, 0.25) is 0 Å². The van der Waals surface area contributed by atoms with Crippen molar-refractivity contribution in [1.82, 2.24) is 0 Å². The van der Waals surface area contributed by atoms with Crippen LogP contribution < -0.4 is 0 Å². The van der Waals surface area contributed by atoms with E-state index in [-0.39, 0.29) is 0 Å². The summed E-state index contributed by atoms with van der Waals surface area (Å²) in [5.74, 6) is 4.79. The maximum Gasteiger partial charge on any atom is -0.0165 e. The number of allylic oxidation sites excluding steroid dienone is 4. The highest BCUT2D eigenvalue weighted by Gasteiger charge is 2.28. The topological polar surface area (TPSA) is 0 Å². The van der Waals surface area contributed by atoms with Gasteiger partial charge in [-0.15, -0.1) is 0 Å². The molecular formula is C31H54. The standard InChI is InChI=1S/C31H54/c1-3-5-6-7-8-9-10-11-13-27-16-20-29(21-17-27)31-24-22-30(23-25-31)28-18-14-26(12-4-2)15-19-28/h22,24-30H,3-21,23H2,1-2H3. The molecule has 1 unspecified atom stereocenters.